The van der Waals surface area contributed by atoms with Gasteiger partial charge in [-0.25, -0.2) is 4.39 Å². The molecule has 2 N–H and O–H groups in total. The van der Waals surface area contributed by atoms with Crippen LogP contribution in [0, 0.1) is 5.82 Å². The first-order chi connectivity index (χ1) is 12.7. The van der Waals surface area contributed by atoms with Crippen molar-refractivity contribution in [2.45, 2.75) is 19.8 Å². The SMILES string of the molecule is CCCCOc1ccc(-c2ccc(OCCO)cc2OCCO)cc1F. The maximum atomic E-state index is 14.3. The molecule has 0 bridgehead atoms. The van der Waals surface area contributed by atoms with Crippen LogP contribution in [-0.4, -0.2) is 43.2 Å². The Bertz CT molecular complexity index is 690. The average Bonchev–Trinajstić information content (AvgIpc) is 2.66. The molecule has 0 heterocycles. The number of hydrogen-bond donors (Lipinski definition) is 2. The van der Waals surface area contributed by atoms with Crippen molar-refractivity contribution < 1.29 is 28.8 Å². The van der Waals surface area contributed by atoms with E-state index in [-0.39, 0.29) is 32.2 Å². The molecule has 0 amide bonds. The van der Waals surface area contributed by atoms with Gasteiger partial charge in [0.1, 0.15) is 24.7 Å². The predicted octanol–water partition coefficient (Wildman–Crippen LogP) is 3.41. The van der Waals surface area contributed by atoms with Crippen LogP contribution in [0.4, 0.5) is 4.39 Å². The smallest absolute Gasteiger partial charge is 0.165 e. The van der Waals surface area contributed by atoms with E-state index in [9.17, 15) is 4.39 Å². The van der Waals surface area contributed by atoms with Crippen molar-refractivity contribution >= 4 is 0 Å². The minimum absolute atomic E-state index is 0.0979. The second kappa shape index (κ2) is 10.6. The standard InChI is InChI=1S/C20H25FO5/c1-2-3-10-25-19-7-4-15(13-18(19)21)17-6-5-16(24-11-8-22)14-20(17)26-12-9-23/h4-7,13-14,22-23H,2-3,8-12H2,1H3. The van der Waals surface area contributed by atoms with Gasteiger partial charge in [0, 0.05) is 11.6 Å². The summed E-state index contributed by atoms with van der Waals surface area (Å²) < 4.78 is 30.7. The summed E-state index contributed by atoms with van der Waals surface area (Å²) in [6.07, 6.45) is 1.85. The van der Waals surface area contributed by atoms with E-state index in [0.717, 1.165) is 12.8 Å². The van der Waals surface area contributed by atoms with E-state index in [4.69, 9.17) is 24.4 Å². The lowest BCUT2D eigenvalue weighted by atomic mass is 10.0. The average molecular weight is 364 g/mol. The van der Waals surface area contributed by atoms with Gasteiger partial charge >= 0.3 is 0 Å². The molecule has 0 aliphatic rings. The van der Waals surface area contributed by atoms with E-state index in [1.165, 1.54) is 6.07 Å². The Labute approximate surface area is 153 Å². The molecule has 0 atom stereocenters. The van der Waals surface area contributed by atoms with Crippen molar-refractivity contribution in [1.29, 1.82) is 0 Å². The normalized spacial score (nSPS) is 10.6. The fraction of sp³-hybridized carbons (Fsp3) is 0.400. The first-order valence-electron chi connectivity index (χ1n) is 8.73. The number of ether oxygens (including phenoxy) is 3. The quantitative estimate of drug-likeness (QED) is 0.598. The molecule has 142 valence electrons. The van der Waals surface area contributed by atoms with Gasteiger partial charge in [0.25, 0.3) is 0 Å². The Morgan fingerprint density at radius 1 is 0.846 bits per heavy atom. The molecule has 2 rings (SSSR count). The Hall–Kier alpha value is -2.31. The van der Waals surface area contributed by atoms with Crippen molar-refractivity contribution in [2.75, 3.05) is 33.0 Å². The molecule has 0 spiro atoms. The van der Waals surface area contributed by atoms with E-state index < -0.39 is 5.82 Å². The van der Waals surface area contributed by atoms with Crippen LogP contribution in [0.25, 0.3) is 11.1 Å². The summed E-state index contributed by atoms with van der Waals surface area (Å²) in [5, 5.41) is 17.9. The van der Waals surface area contributed by atoms with Crippen molar-refractivity contribution in [3.8, 4) is 28.4 Å². The fourth-order valence-corrected chi connectivity index (χ4v) is 2.38. The van der Waals surface area contributed by atoms with E-state index in [1.54, 1.807) is 30.3 Å². The Balaban J connectivity index is 2.26. The maximum absolute atomic E-state index is 14.3. The summed E-state index contributed by atoms with van der Waals surface area (Å²) in [4.78, 5) is 0. The van der Waals surface area contributed by atoms with Crippen LogP contribution in [0.2, 0.25) is 0 Å². The minimum atomic E-state index is -0.438. The van der Waals surface area contributed by atoms with Crippen molar-refractivity contribution in [3.63, 3.8) is 0 Å². The van der Waals surface area contributed by atoms with Crippen LogP contribution in [0.3, 0.4) is 0 Å². The van der Waals surface area contributed by atoms with Crippen molar-refractivity contribution in [3.05, 3.63) is 42.2 Å². The number of halogens is 1. The predicted molar refractivity (Wildman–Crippen MR) is 97.4 cm³/mol. The topological polar surface area (TPSA) is 68.2 Å². The van der Waals surface area contributed by atoms with E-state index in [1.807, 2.05) is 6.92 Å². The molecule has 0 radical (unpaired) electrons. The van der Waals surface area contributed by atoms with E-state index in [2.05, 4.69) is 0 Å². The third-order valence-electron chi connectivity index (χ3n) is 3.66. The summed E-state index contributed by atoms with van der Waals surface area (Å²) in [5.74, 6) is 0.777. The number of aliphatic hydroxyl groups is 2. The van der Waals surface area contributed by atoms with Gasteiger partial charge < -0.3 is 24.4 Å². The second-order valence-electron chi connectivity index (χ2n) is 5.65. The number of rotatable bonds is 11. The molecule has 0 aliphatic carbocycles. The highest BCUT2D eigenvalue weighted by atomic mass is 19.1. The van der Waals surface area contributed by atoms with Crippen LogP contribution in [0.15, 0.2) is 36.4 Å². The van der Waals surface area contributed by atoms with Gasteiger partial charge in [-0.05, 0) is 36.2 Å². The lowest BCUT2D eigenvalue weighted by Crippen LogP contribution is -2.05. The molecular formula is C20H25FO5. The highest BCUT2D eigenvalue weighted by Gasteiger charge is 2.12. The van der Waals surface area contributed by atoms with E-state index in [0.29, 0.717) is 29.2 Å². The van der Waals surface area contributed by atoms with Gasteiger partial charge in [0.2, 0.25) is 0 Å². The first-order valence-corrected chi connectivity index (χ1v) is 8.73. The molecule has 0 saturated heterocycles. The maximum Gasteiger partial charge on any atom is 0.165 e. The third kappa shape index (κ3) is 5.61. The van der Waals surface area contributed by atoms with Gasteiger partial charge in [-0.15, -0.1) is 0 Å². The molecule has 0 unspecified atom stereocenters. The van der Waals surface area contributed by atoms with Crippen LogP contribution < -0.4 is 14.2 Å². The molecule has 0 aromatic heterocycles. The second-order valence-corrected chi connectivity index (χ2v) is 5.65. The highest BCUT2D eigenvalue weighted by molar-refractivity contribution is 5.72. The van der Waals surface area contributed by atoms with Gasteiger partial charge in [-0.1, -0.05) is 19.4 Å². The van der Waals surface area contributed by atoms with Gasteiger partial charge in [0.05, 0.1) is 19.8 Å². The molecule has 0 fully saturated rings. The zero-order valence-electron chi connectivity index (χ0n) is 14.9. The monoisotopic (exact) mass is 364 g/mol. The summed E-state index contributed by atoms with van der Waals surface area (Å²) in [6.45, 7) is 2.56. The number of unbranched alkanes of at least 4 members (excludes halogenated alkanes) is 1. The van der Waals surface area contributed by atoms with Gasteiger partial charge in [-0.2, -0.15) is 0 Å². The largest absolute Gasteiger partial charge is 0.491 e. The third-order valence-corrected chi connectivity index (χ3v) is 3.66. The number of benzene rings is 2. The number of hydrogen-bond acceptors (Lipinski definition) is 5. The molecule has 0 aliphatic heterocycles. The molecule has 2 aromatic carbocycles. The molecular weight excluding hydrogens is 339 g/mol. The molecule has 26 heavy (non-hydrogen) atoms. The Morgan fingerprint density at radius 3 is 2.27 bits per heavy atom. The fourth-order valence-electron chi connectivity index (χ4n) is 2.38. The molecule has 5 nitrogen and oxygen atoms in total. The summed E-state index contributed by atoms with van der Waals surface area (Å²) >= 11 is 0. The lowest BCUT2D eigenvalue weighted by Gasteiger charge is -2.14. The van der Waals surface area contributed by atoms with Crippen LogP contribution >= 0.6 is 0 Å². The van der Waals surface area contributed by atoms with Crippen LogP contribution in [0.5, 0.6) is 17.2 Å². The van der Waals surface area contributed by atoms with Crippen LogP contribution in [-0.2, 0) is 0 Å². The molecule has 6 heteroatoms. The molecule has 2 aromatic rings. The first kappa shape index (κ1) is 20.0. The summed E-state index contributed by atoms with van der Waals surface area (Å²) in [7, 11) is 0. The minimum Gasteiger partial charge on any atom is -0.491 e. The van der Waals surface area contributed by atoms with Crippen LogP contribution in [0.1, 0.15) is 19.8 Å². The van der Waals surface area contributed by atoms with Crippen molar-refractivity contribution in [1.82, 2.24) is 0 Å². The number of aliphatic hydroxyl groups excluding tert-OH is 2. The molecule has 0 saturated carbocycles. The van der Waals surface area contributed by atoms with E-state index >= 15 is 0 Å². The van der Waals surface area contributed by atoms with Gasteiger partial charge in [-0.3, -0.25) is 0 Å². The summed E-state index contributed by atoms with van der Waals surface area (Å²) in [6, 6.07) is 9.90. The van der Waals surface area contributed by atoms with Crippen molar-refractivity contribution in [2.24, 2.45) is 0 Å². The summed E-state index contributed by atoms with van der Waals surface area (Å²) in [5.41, 5.74) is 1.31. The highest BCUT2D eigenvalue weighted by Crippen LogP contribution is 2.35. The zero-order valence-corrected chi connectivity index (χ0v) is 14.9. The van der Waals surface area contributed by atoms with Gasteiger partial charge in [0.15, 0.2) is 11.6 Å². The lowest BCUT2D eigenvalue weighted by molar-refractivity contribution is 0.195. The zero-order chi connectivity index (χ0) is 18.8. The Morgan fingerprint density at radius 2 is 1.58 bits per heavy atom. The Kier molecular flexibility index (Phi) is 8.18.